The predicted octanol–water partition coefficient (Wildman–Crippen LogP) is 2.90. The summed E-state index contributed by atoms with van der Waals surface area (Å²) in [5, 5.41) is 0. The Hall–Kier alpha value is -0.570. The number of rotatable bonds is 2. The highest BCUT2D eigenvalue weighted by Gasteiger charge is 2.20. The van der Waals surface area contributed by atoms with E-state index in [1.165, 1.54) is 27.7 Å². The fraction of sp³-hybridized carbons (Fsp3) is 0.545. The highest BCUT2D eigenvalue weighted by atomic mass is 79.9. The number of aryl methyl sites for hydroxylation is 1. The van der Waals surface area contributed by atoms with E-state index in [0.717, 1.165) is 25.1 Å². The Morgan fingerprint density at radius 1 is 1.43 bits per heavy atom. The van der Waals surface area contributed by atoms with Crippen molar-refractivity contribution in [3.05, 3.63) is 21.3 Å². The summed E-state index contributed by atoms with van der Waals surface area (Å²) >= 11 is 3.66. The number of fused-ring (bicyclic) bond motifs is 1. The summed E-state index contributed by atoms with van der Waals surface area (Å²) in [7, 11) is 1.69. The monoisotopic (exact) mass is 255 g/mol. The molecule has 1 aromatic heterocycles. The molecule has 0 aliphatic heterocycles. The highest BCUT2D eigenvalue weighted by molar-refractivity contribution is 9.10. The fourth-order valence-corrected chi connectivity index (χ4v) is 2.91. The average molecular weight is 256 g/mol. The predicted molar refractivity (Wildman–Crippen MR) is 59.9 cm³/mol. The van der Waals surface area contributed by atoms with Gasteiger partial charge in [-0.25, -0.2) is 4.98 Å². The van der Waals surface area contributed by atoms with Gasteiger partial charge in [-0.05, 0) is 47.2 Å². The van der Waals surface area contributed by atoms with Crippen LogP contribution in [0.3, 0.4) is 0 Å². The Morgan fingerprint density at radius 3 is 2.86 bits per heavy atom. The molecule has 1 aliphatic rings. The van der Waals surface area contributed by atoms with Gasteiger partial charge < -0.3 is 4.74 Å². The minimum Gasteiger partial charge on any atom is -0.481 e. The van der Waals surface area contributed by atoms with Crippen molar-refractivity contribution in [2.75, 3.05) is 7.11 Å². The molecule has 0 unspecified atom stereocenters. The summed E-state index contributed by atoms with van der Waals surface area (Å²) in [5.41, 5.74) is 3.81. The van der Waals surface area contributed by atoms with E-state index in [1.54, 1.807) is 7.11 Å². The normalized spacial score (nSPS) is 14.2. The molecular weight excluding hydrogens is 242 g/mol. The molecule has 2 rings (SSSR count). The van der Waals surface area contributed by atoms with Gasteiger partial charge in [0.2, 0.25) is 5.88 Å². The van der Waals surface area contributed by atoms with Crippen molar-refractivity contribution in [3.63, 3.8) is 0 Å². The van der Waals surface area contributed by atoms with Crippen molar-refractivity contribution in [1.29, 1.82) is 0 Å². The maximum atomic E-state index is 5.30. The van der Waals surface area contributed by atoms with Gasteiger partial charge in [0.25, 0.3) is 0 Å². The first kappa shape index (κ1) is 9.97. The molecule has 0 fully saturated rings. The maximum Gasteiger partial charge on any atom is 0.217 e. The molecule has 2 nitrogen and oxygen atoms in total. The van der Waals surface area contributed by atoms with Crippen molar-refractivity contribution < 1.29 is 4.74 Å². The zero-order valence-electron chi connectivity index (χ0n) is 8.56. The Kier molecular flexibility index (Phi) is 2.77. The SMILES string of the molecule is CCc1c(OC)nc2c(c1Br)CCC2. The van der Waals surface area contributed by atoms with Gasteiger partial charge >= 0.3 is 0 Å². The van der Waals surface area contributed by atoms with Gasteiger partial charge in [0.05, 0.1) is 7.11 Å². The molecule has 0 atom stereocenters. The number of ether oxygens (including phenoxy) is 1. The smallest absolute Gasteiger partial charge is 0.217 e. The van der Waals surface area contributed by atoms with Crippen LogP contribution in [0.1, 0.15) is 30.2 Å². The van der Waals surface area contributed by atoms with Crippen LogP contribution in [-0.4, -0.2) is 12.1 Å². The maximum absolute atomic E-state index is 5.30. The number of aromatic nitrogens is 1. The van der Waals surface area contributed by atoms with Gasteiger partial charge in [-0.1, -0.05) is 6.92 Å². The molecule has 76 valence electrons. The lowest BCUT2D eigenvalue weighted by Crippen LogP contribution is -2.00. The lowest BCUT2D eigenvalue weighted by molar-refractivity contribution is 0.391. The largest absolute Gasteiger partial charge is 0.481 e. The van der Waals surface area contributed by atoms with Gasteiger partial charge in [0.15, 0.2) is 0 Å². The third-order valence-corrected chi connectivity index (χ3v) is 3.72. The number of pyridine rings is 1. The Labute approximate surface area is 92.8 Å². The van der Waals surface area contributed by atoms with Crippen LogP contribution in [0, 0.1) is 0 Å². The molecule has 14 heavy (non-hydrogen) atoms. The van der Waals surface area contributed by atoms with Crippen LogP contribution in [0.2, 0.25) is 0 Å². The number of halogens is 1. The topological polar surface area (TPSA) is 22.1 Å². The molecule has 0 radical (unpaired) electrons. The first-order valence-corrected chi connectivity index (χ1v) is 5.81. The van der Waals surface area contributed by atoms with E-state index < -0.39 is 0 Å². The minimum atomic E-state index is 0.792. The Bertz CT molecular complexity index is 363. The van der Waals surface area contributed by atoms with Crippen LogP contribution in [0.15, 0.2) is 4.47 Å². The van der Waals surface area contributed by atoms with Gasteiger partial charge in [-0.15, -0.1) is 0 Å². The molecule has 1 aliphatic carbocycles. The standard InChI is InChI=1S/C11H14BrNO/c1-3-7-10(12)8-5-4-6-9(8)13-11(7)14-2/h3-6H2,1-2H3. The lowest BCUT2D eigenvalue weighted by atomic mass is 10.1. The number of methoxy groups -OCH3 is 1. The zero-order chi connectivity index (χ0) is 10.1. The van der Waals surface area contributed by atoms with Gasteiger partial charge in [0.1, 0.15) is 0 Å². The molecule has 3 heteroatoms. The van der Waals surface area contributed by atoms with Gasteiger partial charge in [-0.3, -0.25) is 0 Å². The van der Waals surface area contributed by atoms with Crippen LogP contribution in [0.4, 0.5) is 0 Å². The van der Waals surface area contributed by atoms with Crippen molar-refractivity contribution >= 4 is 15.9 Å². The summed E-state index contributed by atoms with van der Waals surface area (Å²) in [5.74, 6) is 0.792. The van der Waals surface area contributed by atoms with E-state index >= 15 is 0 Å². The van der Waals surface area contributed by atoms with Crippen molar-refractivity contribution in [2.45, 2.75) is 32.6 Å². The minimum absolute atomic E-state index is 0.792. The number of hydrogen-bond acceptors (Lipinski definition) is 2. The molecule has 1 heterocycles. The second kappa shape index (κ2) is 3.89. The van der Waals surface area contributed by atoms with E-state index in [9.17, 15) is 0 Å². The van der Waals surface area contributed by atoms with E-state index in [0.29, 0.717) is 0 Å². The fourth-order valence-electron chi connectivity index (χ4n) is 2.03. The van der Waals surface area contributed by atoms with E-state index in [-0.39, 0.29) is 0 Å². The molecule has 0 saturated heterocycles. The third-order valence-electron chi connectivity index (χ3n) is 2.76. The number of nitrogens with zero attached hydrogens (tertiary/aromatic N) is 1. The molecule has 0 aromatic carbocycles. The second-order valence-corrected chi connectivity index (χ2v) is 4.34. The summed E-state index contributed by atoms with van der Waals surface area (Å²) in [4.78, 5) is 4.55. The van der Waals surface area contributed by atoms with E-state index in [4.69, 9.17) is 4.74 Å². The van der Waals surface area contributed by atoms with Crippen molar-refractivity contribution in [3.8, 4) is 5.88 Å². The first-order valence-electron chi connectivity index (χ1n) is 5.02. The molecule has 0 spiro atoms. The average Bonchev–Trinajstić information content (AvgIpc) is 2.65. The van der Waals surface area contributed by atoms with Crippen LogP contribution < -0.4 is 4.74 Å². The molecule has 0 bridgehead atoms. The Balaban J connectivity index is 2.60. The summed E-state index contributed by atoms with van der Waals surface area (Å²) < 4.78 is 6.52. The first-order chi connectivity index (χ1) is 6.77. The third kappa shape index (κ3) is 1.44. The Morgan fingerprint density at radius 2 is 2.21 bits per heavy atom. The van der Waals surface area contributed by atoms with E-state index in [1.807, 2.05) is 0 Å². The highest BCUT2D eigenvalue weighted by Crippen LogP contribution is 2.35. The molecule has 0 saturated carbocycles. The zero-order valence-corrected chi connectivity index (χ0v) is 10.1. The molecule has 0 amide bonds. The van der Waals surface area contributed by atoms with Gasteiger partial charge in [-0.2, -0.15) is 0 Å². The summed E-state index contributed by atoms with van der Waals surface area (Å²) in [6, 6.07) is 0. The quantitative estimate of drug-likeness (QED) is 0.811. The lowest BCUT2D eigenvalue weighted by Gasteiger charge is -2.11. The molecule has 1 aromatic rings. The number of hydrogen-bond donors (Lipinski definition) is 0. The molecular formula is C11H14BrNO. The van der Waals surface area contributed by atoms with Crippen LogP contribution in [0.25, 0.3) is 0 Å². The summed E-state index contributed by atoms with van der Waals surface area (Å²) in [6.07, 6.45) is 4.43. The second-order valence-electron chi connectivity index (χ2n) is 3.55. The van der Waals surface area contributed by atoms with Gasteiger partial charge in [0, 0.05) is 15.7 Å². The van der Waals surface area contributed by atoms with Crippen molar-refractivity contribution in [1.82, 2.24) is 4.98 Å². The summed E-state index contributed by atoms with van der Waals surface area (Å²) in [6.45, 7) is 2.13. The van der Waals surface area contributed by atoms with Crippen LogP contribution >= 0.6 is 15.9 Å². The van der Waals surface area contributed by atoms with Crippen LogP contribution in [-0.2, 0) is 19.3 Å². The van der Waals surface area contributed by atoms with Crippen molar-refractivity contribution in [2.24, 2.45) is 0 Å². The van der Waals surface area contributed by atoms with E-state index in [2.05, 4.69) is 27.8 Å². The van der Waals surface area contributed by atoms with Crippen LogP contribution in [0.5, 0.6) is 5.88 Å². The molecule has 0 N–H and O–H groups in total.